The molecule has 0 aliphatic carbocycles. The molecule has 1 amide bonds. The molecule has 0 bridgehead atoms. The van der Waals surface area contributed by atoms with Crippen LogP contribution >= 0.6 is 0 Å². The third-order valence-corrected chi connectivity index (χ3v) is 3.47. The third-order valence-electron chi connectivity index (χ3n) is 3.47. The summed E-state index contributed by atoms with van der Waals surface area (Å²) in [7, 11) is 0. The van der Waals surface area contributed by atoms with Crippen LogP contribution in [-0.4, -0.2) is 22.2 Å². The Labute approximate surface area is 125 Å². The first-order valence-corrected chi connectivity index (χ1v) is 7.13. The number of carbonyl (C=O) groups is 1. The minimum absolute atomic E-state index is 0.0635. The molecule has 0 aliphatic rings. The van der Waals surface area contributed by atoms with Gasteiger partial charge in [0.2, 0.25) is 0 Å². The van der Waals surface area contributed by atoms with Crippen molar-refractivity contribution in [1.82, 2.24) is 15.1 Å². The number of nitrogens with one attached hydrogen (secondary N) is 1. The van der Waals surface area contributed by atoms with E-state index >= 15 is 0 Å². The molecule has 1 heterocycles. The van der Waals surface area contributed by atoms with Gasteiger partial charge in [-0.2, -0.15) is 5.10 Å². The number of aromatic nitrogens is 2. The van der Waals surface area contributed by atoms with Gasteiger partial charge in [0.25, 0.3) is 5.91 Å². The molecule has 5 heteroatoms. The molecule has 0 saturated carbocycles. The number of hydrogen-bond acceptors (Lipinski definition) is 3. The maximum Gasteiger partial charge on any atom is 0.251 e. The van der Waals surface area contributed by atoms with Gasteiger partial charge in [0.15, 0.2) is 0 Å². The van der Waals surface area contributed by atoms with Crippen LogP contribution in [0.15, 0.2) is 24.3 Å². The zero-order valence-electron chi connectivity index (χ0n) is 12.8. The highest BCUT2D eigenvalue weighted by atomic mass is 16.1. The molecule has 21 heavy (non-hydrogen) atoms. The van der Waals surface area contributed by atoms with Crippen molar-refractivity contribution in [3.63, 3.8) is 0 Å². The minimum atomic E-state index is -0.0635. The van der Waals surface area contributed by atoms with E-state index in [2.05, 4.69) is 16.5 Å². The Hall–Kier alpha value is -2.30. The van der Waals surface area contributed by atoms with Gasteiger partial charge in [-0.3, -0.25) is 9.48 Å². The van der Waals surface area contributed by atoms with Gasteiger partial charge >= 0.3 is 0 Å². The molecule has 0 unspecified atom stereocenters. The highest BCUT2D eigenvalue weighted by Gasteiger charge is 2.06. The maximum atomic E-state index is 12.0. The van der Waals surface area contributed by atoms with E-state index in [1.165, 1.54) is 0 Å². The van der Waals surface area contributed by atoms with Gasteiger partial charge in [0, 0.05) is 30.0 Å². The number of amides is 1. The van der Waals surface area contributed by atoms with E-state index in [4.69, 9.17) is 5.73 Å². The van der Waals surface area contributed by atoms with Gasteiger partial charge < -0.3 is 11.1 Å². The van der Waals surface area contributed by atoms with Crippen molar-refractivity contribution in [2.75, 3.05) is 12.3 Å². The number of anilines is 1. The van der Waals surface area contributed by atoms with Gasteiger partial charge in [-0.15, -0.1) is 0 Å². The van der Waals surface area contributed by atoms with Gasteiger partial charge in [0.05, 0.1) is 5.69 Å². The fourth-order valence-electron chi connectivity index (χ4n) is 2.25. The van der Waals surface area contributed by atoms with Crippen LogP contribution in [0.5, 0.6) is 0 Å². The van der Waals surface area contributed by atoms with E-state index in [1.54, 1.807) is 12.1 Å². The summed E-state index contributed by atoms with van der Waals surface area (Å²) >= 11 is 0. The molecule has 1 aromatic heterocycles. The number of aryl methyl sites for hydroxylation is 4. The summed E-state index contributed by atoms with van der Waals surface area (Å²) in [5.41, 5.74) is 10.2. The van der Waals surface area contributed by atoms with Crippen molar-refractivity contribution in [2.24, 2.45) is 0 Å². The Balaban J connectivity index is 1.81. The van der Waals surface area contributed by atoms with Gasteiger partial charge in [0.1, 0.15) is 0 Å². The molecule has 0 aliphatic heterocycles. The molecular weight excluding hydrogens is 264 g/mol. The summed E-state index contributed by atoms with van der Waals surface area (Å²) in [6.07, 6.45) is 0.849. The van der Waals surface area contributed by atoms with E-state index in [1.807, 2.05) is 31.5 Å². The summed E-state index contributed by atoms with van der Waals surface area (Å²) in [5, 5.41) is 7.32. The molecule has 0 radical (unpaired) electrons. The van der Waals surface area contributed by atoms with E-state index in [0.29, 0.717) is 17.8 Å². The second kappa shape index (κ2) is 6.43. The Kier molecular flexibility index (Phi) is 4.62. The van der Waals surface area contributed by atoms with Crippen LogP contribution in [0.1, 0.15) is 33.7 Å². The fraction of sp³-hybridized carbons (Fsp3) is 0.375. The van der Waals surface area contributed by atoms with E-state index in [9.17, 15) is 4.79 Å². The average Bonchev–Trinajstić information content (AvgIpc) is 2.76. The summed E-state index contributed by atoms with van der Waals surface area (Å²) in [4.78, 5) is 12.0. The summed E-state index contributed by atoms with van der Waals surface area (Å²) in [5.74, 6) is -0.0635. The first-order chi connectivity index (χ1) is 9.97. The number of hydrogen-bond donors (Lipinski definition) is 2. The molecule has 5 nitrogen and oxygen atoms in total. The first-order valence-electron chi connectivity index (χ1n) is 7.13. The zero-order chi connectivity index (χ0) is 15.4. The molecule has 0 spiro atoms. The van der Waals surface area contributed by atoms with Crippen molar-refractivity contribution < 1.29 is 4.79 Å². The number of nitrogens with two attached hydrogens (primary N) is 1. The van der Waals surface area contributed by atoms with Crippen LogP contribution in [-0.2, 0) is 6.54 Å². The Morgan fingerprint density at radius 2 is 2.05 bits per heavy atom. The minimum Gasteiger partial charge on any atom is -0.399 e. The lowest BCUT2D eigenvalue weighted by Gasteiger charge is -2.08. The first kappa shape index (κ1) is 15.1. The lowest BCUT2D eigenvalue weighted by molar-refractivity contribution is 0.0952. The SMILES string of the molecule is Cc1cc(C)n(CCCNC(=O)c2ccc(N)c(C)c2)n1. The average molecular weight is 286 g/mol. The molecule has 0 atom stereocenters. The summed E-state index contributed by atoms with van der Waals surface area (Å²) in [6, 6.07) is 7.38. The molecule has 0 saturated heterocycles. The van der Waals surface area contributed by atoms with Crippen molar-refractivity contribution in [3.05, 3.63) is 46.8 Å². The highest BCUT2D eigenvalue weighted by Crippen LogP contribution is 2.12. The monoisotopic (exact) mass is 286 g/mol. The Bertz CT molecular complexity index is 646. The standard InChI is InChI=1S/C16H22N4O/c1-11-9-14(5-6-15(11)17)16(21)18-7-4-8-20-13(3)10-12(2)19-20/h5-6,9-10H,4,7-8,17H2,1-3H3,(H,18,21). The Morgan fingerprint density at radius 1 is 1.29 bits per heavy atom. The molecule has 3 N–H and O–H groups in total. The van der Waals surface area contributed by atoms with Crippen LogP contribution in [0.4, 0.5) is 5.69 Å². The van der Waals surface area contributed by atoms with Gasteiger partial charge in [-0.05, 0) is 57.0 Å². The largest absolute Gasteiger partial charge is 0.399 e. The number of carbonyl (C=O) groups excluding carboxylic acids is 1. The second-order valence-corrected chi connectivity index (χ2v) is 5.33. The van der Waals surface area contributed by atoms with Crippen LogP contribution in [0.3, 0.4) is 0 Å². The van der Waals surface area contributed by atoms with Crippen LogP contribution in [0.2, 0.25) is 0 Å². The van der Waals surface area contributed by atoms with Crippen molar-refractivity contribution in [2.45, 2.75) is 33.7 Å². The molecule has 2 aromatic rings. The van der Waals surface area contributed by atoms with Crippen LogP contribution in [0, 0.1) is 20.8 Å². The number of nitrogen functional groups attached to an aromatic ring is 1. The van der Waals surface area contributed by atoms with E-state index in [-0.39, 0.29) is 5.91 Å². The molecule has 1 aromatic carbocycles. The molecule has 2 rings (SSSR count). The predicted molar refractivity (Wildman–Crippen MR) is 84.2 cm³/mol. The van der Waals surface area contributed by atoms with Crippen molar-refractivity contribution in [1.29, 1.82) is 0 Å². The normalized spacial score (nSPS) is 10.6. The van der Waals surface area contributed by atoms with Crippen molar-refractivity contribution >= 4 is 11.6 Å². The lowest BCUT2D eigenvalue weighted by Crippen LogP contribution is -2.25. The number of nitrogens with zero attached hydrogens (tertiary/aromatic N) is 2. The topological polar surface area (TPSA) is 72.9 Å². The quantitative estimate of drug-likeness (QED) is 0.654. The number of benzene rings is 1. The zero-order valence-corrected chi connectivity index (χ0v) is 12.8. The van der Waals surface area contributed by atoms with Crippen LogP contribution in [0.25, 0.3) is 0 Å². The third kappa shape index (κ3) is 3.84. The lowest BCUT2D eigenvalue weighted by atomic mass is 10.1. The highest BCUT2D eigenvalue weighted by molar-refractivity contribution is 5.94. The van der Waals surface area contributed by atoms with Gasteiger partial charge in [-0.25, -0.2) is 0 Å². The molecule has 112 valence electrons. The van der Waals surface area contributed by atoms with Crippen molar-refractivity contribution in [3.8, 4) is 0 Å². The van der Waals surface area contributed by atoms with Crippen LogP contribution < -0.4 is 11.1 Å². The second-order valence-electron chi connectivity index (χ2n) is 5.33. The van der Waals surface area contributed by atoms with Gasteiger partial charge in [-0.1, -0.05) is 0 Å². The van der Waals surface area contributed by atoms with E-state index < -0.39 is 0 Å². The summed E-state index contributed by atoms with van der Waals surface area (Å²) in [6.45, 7) is 7.35. The van der Waals surface area contributed by atoms with E-state index in [0.717, 1.165) is 29.9 Å². The predicted octanol–water partition coefficient (Wildman–Crippen LogP) is 2.21. The fourth-order valence-corrected chi connectivity index (χ4v) is 2.25. The summed E-state index contributed by atoms with van der Waals surface area (Å²) < 4.78 is 1.97. The molecular formula is C16H22N4O. The number of rotatable bonds is 5. The maximum absolute atomic E-state index is 12.0. The Morgan fingerprint density at radius 3 is 2.67 bits per heavy atom. The molecule has 0 fully saturated rings. The smallest absolute Gasteiger partial charge is 0.251 e.